The average molecular weight is 358 g/mol. The third kappa shape index (κ3) is 4.66. The second-order valence-corrected chi connectivity index (χ2v) is 5.60. The Morgan fingerprint density at radius 3 is 2.04 bits per heavy atom. The number of methoxy groups -OCH3 is 2. The maximum Gasteiger partial charge on any atom is 0.346 e. The zero-order valence-electron chi connectivity index (χ0n) is 15.2. The highest BCUT2D eigenvalue weighted by molar-refractivity contribution is 5.98. The monoisotopic (exact) mass is 358 g/mol. The van der Waals surface area contributed by atoms with Crippen LogP contribution in [0.2, 0.25) is 0 Å². The van der Waals surface area contributed by atoms with Crippen molar-refractivity contribution in [1.82, 2.24) is 0 Å². The van der Waals surface area contributed by atoms with Crippen LogP contribution in [0.4, 0.5) is 11.4 Å². The lowest BCUT2D eigenvalue weighted by molar-refractivity contribution is -0.119. The molecular weight excluding hydrogens is 336 g/mol. The number of esters is 1. The summed E-state index contributed by atoms with van der Waals surface area (Å²) < 4.78 is 15.4. The highest BCUT2D eigenvalue weighted by Crippen LogP contribution is 2.28. The van der Waals surface area contributed by atoms with E-state index in [0.717, 1.165) is 5.69 Å². The first-order valence-corrected chi connectivity index (χ1v) is 7.91. The number of nitrogens with one attached hydrogen (secondary N) is 1. The molecule has 1 N–H and O–H groups in total. The van der Waals surface area contributed by atoms with Gasteiger partial charge in [0.05, 0.1) is 14.2 Å². The Morgan fingerprint density at radius 1 is 0.962 bits per heavy atom. The summed E-state index contributed by atoms with van der Waals surface area (Å²) in [6.45, 7) is -0.421. The molecule has 2 aromatic rings. The number of rotatable bonds is 7. The van der Waals surface area contributed by atoms with E-state index in [4.69, 9.17) is 14.2 Å². The summed E-state index contributed by atoms with van der Waals surface area (Å²) in [5.74, 6) is -0.509. The van der Waals surface area contributed by atoms with Crippen LogP contribution in [0.5, 0.6) is 11.5 Å². The standard InChI is InChI=1S/C19H22N2O5/c1-21(2)14-10-8-13(9-11-14)20-17(22)12-26-19(23)18-15(24-3)6-5-7-16(18)25-4/h5-11H,12H2,1-4H3,(H,20,22). The fraction of sp³-hybridized carbons (Fsp3) is 0.263. The van der Waals surface area contributed by atoms with Gasteiger partial charge in [-0.1, -0.05) is 6.07 Å². The molecule has 0 saturated carbocycles. The fourth-order valence-corrected chi connectivity index (χ4v) is 2.30. The largest absolute Gasteiger partial charge is 0.496 e. The number of benzene rings is 2. The Balaban J connectivity index is 1.98. The number of amides is 1. The molecule has 2 rings (SSSR count). The van der Waals surface area contributed by atoms with E-state index in [9.17, 15) is 9.59 Å². The van der Waals surface area contributed by atoms with E-state index in [1.165, 1.54) is 14.2 Å². The van der Waals surface area contributed by atoms with Gasteiger partial charge in [-0.3, -0.25) is 4.79 Å². The zero-order chi connectivity index (χ0) is 19.1. The minimum atomic E-state index is -0.697. The van der Waals surface area contributed by atoms with Crippen molar-refractivity contribution >= 4 is 23.3 Å². The number of anilines is 2. The van der Waals surface area contributed by atoms with E-state index in [-0.39, 0.29) is 5.56 Å². The van der Waals surface area contributed by atoms with Gasteiger partial charge in [0.15, 0.2) is 6.61 Å². The highest BCUT2D eigenvalue weighted by Gasteiger charge is 2.20. The maximum absolute atomic E-state index is 12.3. The Hall–Kier alpha value is -3.22. The first kappa shape index (κ1) is 19.1. The Labute approximate surface area is 152 Å². The van der Waals surface area contributed by atoms with Crippen LogP contribution in [0.3, 0.4) is 0 Å². The molecule has 2 aromatic carbocycles. The molecule has 0 aliphatic carbocycles. The minimum absolute atomic E-state index is 0.139. The summed E-state index contributed by atoms with van der Waals surface area (Å²) >= 11 is 0. The number of hydrogen-bond acceptors (Lipinski definition) is 6. The van der Waals surface area contributed by atoms with Crippen molar-refractivity contribution in [2.75, 3.05) is 45.1 Å². The SMILES string of the molecule is COc1cccc(OC)c1C(=O)OCC(=O)Nc1ccc(N(C)C)cc1. The van der Waals surface area contributed by atoms with Gasteiger partial charge >= 0.3 is 5.97 Å². The van der Waals surface area contributed by atoms with E-state index >= 15 is 0 Å². The predicted molar refractivity (Wildman–Crippen MR) is 99.2 cm³/mol. The summed E-state index contributed by atoms with van der Waals surface area (Å²) in [4.78, 5) is 26.3. The lowest BCUT2D eigenvalue weighted by Gasteiger charge is -2.14. The second kappa shape index (κ2) is 8.75. The Bertz CT molecular complexity index is 750. The number of nitrogens with zero attached hydrogens (tertiary/aromatic N) is 1. The third-order valence-corrected chi connectivity index (χ3v) is 3.63. The molecule has 0 spiro atoms. The van der Waals surface area contributed by atoms with Gasteiger partial charge in [0.25, 0.3) is 5.91 Å². The molecule has 0 atom stereocenters. The molecule has 0 bridgehead atoms. The molecule has 0 aliphatic heterocycles. The van der Waals surface area contributed by atoms with Crippen LogP contribution in [0.15, 0.2) is 42.5 Å². The maximum atomic E-state index is 12.3. The van der Waals surface area contributed by atoms with Gasteiger partial charge in [-0.2, -0.15) is 0 Å². The normalized spacial score (nSPS) is 10.0. The van der Waals surface area contributed by atoms with Gasteiger partial charge in [-0.05, 0) is 36.4 Å². The van der Waals surface area contributed by atoms with Gasteiger partial charge in [0, 0.05) is 25.5 Å². The minimum Gasteiger partial charge on any atom is -0.496 e. The number of hydrogen-bond donors (Lipinski definition) is 1. The molecule has 0 fully saturated rings. The van der Waals surface area contributed by atoms with Gasteiger partial charge in [0.1, 0.15) is 17.1 Å². The molecule has 0 unspecified atom stereocenters. The quantitative estimate of drug-likeness (QED) is 0.767. The lowest BCUT2D eigenvalue weighted by Crippen LogP contribution is -2.21. The van der Waals surface area contributed by atoms with Crippen LogP contribution in [0, 0.1) is 0 Å². The van der Waals surface area contributed by atoms with Crippen molar-refractivity contribution in [3.8, 4) is 11.5 Å². The molecule has 1 amide bonds. The lowest BCUT2D eigenvalue weighted by atomic mass is 10.2. The van der Waals surface area contributed by atoms with E-state index in [2.05, 4.69) is 5.32 Å². The molecule has 138 valence electrons. The summed E-state index contributed by atoms with van der Waals surface area (Å²) in [7, 11) is 6.74. The van der Waals surface area contributed by atoms with Crippen LogP contribution >= 0.6 is 0 Å². The van der Waals surface area contributed by atoms with Crippen LogP contribution in [0.1, 0.15) is 10.4 Å². The Morgan fingerprint density at radius 2 is 1.54 bits per heavy atom. The van der Waals surface area contributed by atoms with Crippen LogP contribution < -0.4 is 19.7 Å². The molecule has 0 aromatic heterocycles. The van der Waals surface area contributed by atoms with Crippen LogP contribution in [0.25, 0.3) is 0 Å². The molecule has 0 aliphatic rings. The van der Waals surface area contributed by atoms with Gasteiger partial charge in [-0.25, -0.2) is 4.79 Å². The van der Waals surface area contributed by atoms with E-state index in [1.807, 2.05) is 31.1 Å². The molecule has 0 saturated heterocycles. The molecule has 7 heteroatoms. The van der Waals surface area contributed by atoms with Gasteiger partial charge in [-0.15, -0.1) is 0 Å². The van der Waals surface area contributed by atoms with E-state index in [0.29, 0.717) is 17.2 Å². The van der Waals surface area contributed by atoms with Gasteiger partial charge in [0.2, 0.25) is 0 Å². The molecule has 0 heterocycles. The second-order valence-electron chi connectivity index (χ2n) is 5.60. The summed E-state index contributed by atoms with van der Waals surface area (Å²) in [6.07, 6.45) is 0. The Kier molecular flexibility index (Phi) is 6.43. The molecule has 0 radical (unpaired) electrons. The first-order valence-electron chi connectivity index (χ1n) is 7.91. The van der Waals surface area contributed by atoms with Crippen molar-refractivity contribution in [2.45, 2.75) is 0 Å². The summed E-state index contributed by atoms with van der Waals surface area (Å²) in [5.41, 5.74) is 1.77. The van der Waals surface area contributed by atoms with Crippen molar-refractivity contribution in [3.05, 3.63) is 48.0 Å². The number of ether oxygens (including phenoxy) is 3. The van der Waals surface area contributed by atoms with Crippen molar-refractivity contribution in [1.29, 1.82) is 0 Å². The van der Waals surface area contributed by atoms with E-state index < -0.39 is 18.5 Å². The van der Waals surface area contributed by atoms with Crippen LogP contribution in [-0.4, -0.2) is 46.8 Å². The number of carbonyl (C=O) groups is 2. The van der Waals surface area contributed by atoms with Gasteiger partial charge < -0.3 is 24.4 Å². The molecular formula is C19H22N2O5. The topological polar surface area (TPSA) is 77.1 Å². The summed E-state index contributed by atoms with van der Waals surface area (Å²) in [5, 5.41) is 2.67. The average Bonchev–Trinajstić information content (AvgIpc) is 2.65. The zero-order valence-corrected chi connectivity index (χ0v) is 15.2. The molecule has 7 nitrogen and oxygen atoms in total. The summed E-state index contributed by atoms with van der Waals surface area (Å²) in [6, 6.07) is 12.2. The van der Waals surface area contributed by atoms with Crippen molar-refractivity contribution in [3.63, 3.8) is 0 Å². The van der Waals surface area contributed by atoms with Crippen LogP contribution in [-0.2, 0) is 9.53 Å². The molecule has 26 heavy (non-hydrogen) atoms. The first-order chi connectivity index (χ1) is 12.5. The third-order valence-electron chi connectivity index (χ3n) is 3.63. The highest BCUT2D eigenvalue weighted by atomic mass is 16.5. The van der Waals surface area contributed by atoms with Crippen molar-refractivity contribution < 1.29 is 23.8 Å². The number of carbonyl (C=O) groups excluding carboxylic acids is 2. The van der Waals surface area contributed by atoms with Crippen molar-refractivity contribution in [2.24, 2.45) is 0 Å². The fourth-order valence-electron chi connectivity index (χ4n) is 2.30. The van der Waals surface area contributed by atoms with E-state index in [1.54, 1.807) is 30.3 Å². The predicted octanol–water partition coefficient (Wildman–Crippen LogP) is 2.57. The smallest absolute Gasteiger partial charge is 0.346 e.